The summed E-state index contributed by atoms with van der Waals surface area (Å²) in [5.41, 5.74) is 4.75. The van der Waals surface area contributed by atoms with Gasteiger partial charge in [-0.25, -0.2) is 4.79 Å². The minimum absolute atomic E-state index is 0.189. The number of aryl methyl sites for hydroxylation is 1. The first-order chi connectivity index (χ1) is 11.6. The Bertz CT molecular complexity index is 961. The maximum atomic E-state index is 12.2. The predicted molar refractivity (Wildman–Crippen MR) is 88.4 cm³/mol. The predicted octanol–water partition coefficient (Wildman–Crippen LogP) is 2.63. The van der Waals surface area contributed by atoms with Crippen LogP contribution in [0.1, 0.15) is 31.0 Å². The number of fused-ring (bicyclic) bond motifs is 1. The number of aromatic nitrogens is 2. The molecule has 2 aliphatic heterocycles. The molecule has 0 amide bonds. The number of nitrogens with zero attached hydrogens (tertiary/aromatic N) is 3. The Kier molecular flexibility index (Phi) is 3.24. The number of ether oxygens (including phenoxy) is 1. The molecule has 6 heteroatoms. The molecule has 6 nitrogen and oxygen atoms in total. The molecule has 0 fully saturated rings. The average molecular weight is 320 g/mol. The van der Waals surface area contributed by atoms with E-state index in [0.717, 1.165) is 34.3 Å². The zero-order valence-corrected chi connectivity index (χ0v) is 13.5. The van der Waals surface area contributed by atoms with Crippen LogP contribution in [0.5, 0.6) is 0 Å². The number of nitriles is 1. The number of H-pyrrole nitrogens is 1. The fourth-order valence-electron chi connectivity index (χ4n) is 3.57. The average Bonchev–Trinajstić information content (AvgIpc) is 3.16. The number of aromatic amines is 1. The van der Waals surface area contributed by atoms with E-state index in [1.807, 2.05) is 25.1 Å². The van der Waals surface area contributed by atoms with Gasteiger partial charge in [-0.2, -0.15) is 10.4 Å². The molecule has 0 bridgehead atoms. The molecule has 0 radical (unpaired) electrons. The van der Waals surface area contributed by atoms with Crippen molar-refractivity contribution in [3.8, 4) is 6.07 Å². The van der Waals surface area contributed by atoms with Gasteiger partial charge >= 0.3 is 5.97 Å². The van der Waals surface area contributed by atoms with E-state index in [2.05, 4.69) is 28.2 Å². The number of carbonyl (C=O) groups is 1. The molecule has 0 saturated heterocycles. The van der Waals surface area contributed by atoms with Crippen molar-refractivity contribution in [1.82, 2.24) is 10.2 Å². The number of aliphatic imine (C=N–C) groups is 1. The lowest BCUT2D eigenvalue weighted by molar-refractivity contribution is -0.136. The topological polar surface area (TPSA) is 91.1 Å². The third-order valence-corrected chi connectivity index (χ3v) is 4.79. The quantitative estimate of drug-likeness (QED) is 0.861. The van der Waals surface area contributed by atoms with Crippen molar-refractivity contribution >= 4 is 22.6 Å². The van der Waals surface area contributed by atoms with Crippen molar-refractivity contribution < 1.29 is 9.53 Å². The lowest BCUT2D eigenvalue weighted by Crippen LogP contribution is -2.26. The zero-order chi connectivity index (χ0) is 16.8. The summed E-state index contributed by atoms with van der Waals surface area (Å²) in [4.78, 5) is 16.6. The Hall–Kier alpha value is -2.94. The Balaban J connectivity index is 1.91. The van der Waals surface area contributed by atoms with Crippen LogP contribution in [-0.2, 0) is 16.0 Å². The standard InChI is InChI=1S/C18H16N4O2/c1-3-13-11-6-10(4-5-14(11)22-21-13)16-12(7-19)9(2)20-15-8-24-18(23)17(15)16/h4-6,12,16H,3,8H2,1-2H3,(H,21,22). The Morgan fingerprint density at radius 1 is 1.46 bits per heavy atom. The van der Waals surface area contributed by atoms with Gasteiger partial charge in [-0.15, -0.1) is 0 Å². The molecule has 1 aromatic carbocycles. The number of hydrogen-bond donors (Lipinski definition) is 1. The monoisotopic (exact) mass is 320 g/mol. The van der Waals surface area contributed by atoms with Crippen LogP contribution in [0.3, 0.4) is 0 Å². The van der Waals surface area contributed by atoms with Gasteiger partial charge in [-0.1, -0.05) is 13.0 Å². The van der Waals surface area contributed by atoms with Crippen LogP contribution in [0.25, 0.3) is 10.9 Å². The molecule has 2 aliphatic rings. The molecule has 0 spiro atoms. The third kappa shape index (κ3) is 1.98. The molecule has 120 valence electrons. The number of rotatable bonds is 2. The Morgan fingerprint density at radius 2 is 2.29 bits per heavy atom. The van der Waals surface area contributed by atoms with Gasteiger partial charge in [0.1, 0.15) is 6.61 Å². The van der Waals surface area contributed by atoms with Crippen molar-refractivity contribution in [2.24, 2.45) is 10.9 Å². The molecule has 1 aromatic heterocycles. The van der Waals surface area contributed by atoms with E-state index < -0.39 is 5.92 Å². The SMILES string of the molecule is CCc1[nH]nc2ccc(C3C4=C(COC4=O)N=C(C)C3C#N)cc12. The molecule has 24 heavy (non-hydrogen) atoms. The van der Waals surface area contributed by atoms with Gasteiger partial charge in [0.15, 0.2) is 0 Å². The normalized spacial score (nSPS) is 23.0. The first-order valence-electron chi connectivity index (χ1n) is 7.96. The van der Waals surface area contributed by atoms with Gasteiger partial charge < -0.3 is 4.74 Å². The summed E-state index contributed by atoms with van der Waals surface area (Å²) in [6.07, 6.45) is 0.836. The second-order valence-electron chi connectivity index (χ2n) is 6.11. The Labute approximate surface area is 138 Å². The number of nitrogens with one attached hydrogen (secondary N) is 1. The van der Waals surface area contributed by atoms with Crippen LogP contribution in [0.2, 0.25) is 0 Å². The van der Waals surface area contributed by atoms with E-state index in [-0.39, 0.29) is 18.5 Å². The molecule has 0 saturated carbocycles. The van der Waals surface area contributed by atoms with Gasteiger partial charge in [-0.3, -0.25) is 10.1 Å². The van der Waals surface area contributed by atoms with Crippen molar-refractivity contribution in [3.05, 3.63) is 40.7 Å². The molecule has 0 aliphatic carbocycles. The minimum Gasteiger partial charge on any atom is -0.456 e. The summed E-state index contributed by atoms with van der Waals surface area (Å²) in [7, 11) is 0. The van der Waals surface area contributed by atoms with Gasteiger partial charge in [0.05, 0.1) is 28.8 Å². The zero-order valence-electron chi connectivity index (χ0n) is 13.5. The molecular formula is C18H16N4O2. The lowest BCUT2D eigenvalue weighted by atomic mass is 9.76. The second-order valence-corrected chi connectivity index (χ2v) is 6.11. The van der Waals surface area contributed by atoms with E-state index in [1.54, 1.807) is 0 Å². The fourth-order valence-corrected chi connectivity index (χ4v) is 3.57. The summed E-state index contributed by atoms with van der Waals surface area (Å²) in [5.74, 6) is -1.18. The largest absolute Gasteiger partial charge is 0.456 e. The highest BCUT2D eigenvalue weighted by Crippen LogP contribution is 2.42. The summed E-state index contributed by atoms with van der Waals surface area (Å²) in [5, 5.41) is 18.0. The van der Waals surface area contributed by atoms with E-state index in [9.17, 15) is 10.1 Å². The highest BCUT2D eigenvalue weighted by Gasteiger charge is 2.41. The van der Waals surface area contributed by atoms with Crippen LogP contribution in [0.15, 0.2) is 34.5 Å². The Morgan fingerprint density at radius 3 is 3.04 bits per heavy atom. The highest BCUT2D eigenvalue weighted by atomic mass is 16.5. The van der Waals surface area contributed by atoms with Gasteiger partial charge in [0, 0.05) is 22.7 Å². The smallest absolute Gasteiger partial charge is 0.337 e. The van der Waals surface area contributed by atoms with Gasteiger partial charge in [0.2, 0.25) is 0 Å². The molecule has 2 aromatic rings. The van der Waals surface area contributed by atoms with E-state index >= 15 is 0 Å². The molecular weight excluding hydrogens is 304 g/mol. The summed E-state index contributed by atoms with van der Waals surface area (Å²) < 4.78 is 5.16. The molecule has 2 atom stereocenters. The minimum atomic E-state index is -0.469. The van der Waals surface area contributed by atoms with Crippen LogP contribution in [0.4, 0.5) is 0 Å². The van der Waals surface area contributed by atoms with E-state index in [1.165, 1.54) is 0 Å². The number of hydrogen-bond acceptors (Lipinski definition) is 5. The summed E-state index contributed by atoms with van der Waals surface area (Å²) in [6, 6.07) is 8.20. The third-order valence-electron chi connectivity index (χ3n) is 4.79. The molecule has 4 rings (SSSR count). The summed E-state index contributed by atoms with van der Waals surface area (Å²) >= 11 is 0. The second kappa shape index (κ2) is 5.31. The van der Waals surface area contributed by atoms with Crippen molar-refractivity contribution in [1.29, 1.82) is 5.26 Å². The van der Waals surface area contributed by atoms with E-state index in [4.69, 9.17) is 4.74 Å². The van der Waals surface area contributed by atoms with Gasteiger partial charge in [-0.05, 0) is 31.0 Å². The van der Waals surface area contributed by atoms with Crippen LogP contribution in [0, 0.1) is 17.2 Å². The highest BCUT2D eigenvalue weighted by molar-refractivity contribution is 6.00. The van der Waals surface area contributed by atoms with E-state index in [0.29, 0.717) is 11.3 Å². The molecule has 1 N–H and O–H groups in total. The maximum Gasteiger partial charge on any atom is 0.337 e. The number of esters is 1. The van der Waals surface area contributed by atoms with Crippen LogP contribution >= 0.6 is 0 Å². The molecule has 2 unspecified atom stereocenters. The van der Waals surface area contributed by atoms with Crippen LogP contribution in [-0.4, -0.2) is 28.5 Å². The fraction of sp³-hybridized carbons (Fsp3) is 0.333. The van der Waals surface area contributed by atoms with Gasteiger partial charge in [0.25, 0.3) is 0 Å². The van der Waals surface area contributed by atoms with Crippen molar-refractivity contribution in [2.45, 2.75) is 26.2 Å². The number of carbonyl (C=O) groups excluding carboxylic acids is 1. The van der Waals surface area contributed by atoms with Crippen LogP contribution < -0.4 is 0 Å². The molecule has 3 heterocycles. The van der Waals surface area contributed by atoms with Crippen molar-refractivity contribution in [3.63, 3.8) is 0 Å². The first kappa shape index (κ1) is 14.6. The summed E-state index contributed by atoms with van der Waals surface area (Å²) in [6.45, 7) is 4.08. The lowest BCUT2D eigenvalue weighted by Gasteiger charge is -2.26. The first-order valence-corrected chi connectivity index (χ1v) is 7.96. The number of cyclic esters (lactones) is 1. The van der Waals surface area contributed by atoms with Crippen molar-refractivity contribution in [2.75, 3.05) is 6.61 Å². The maximum absolute atomic E-state index is 12.2. The number of benzene rings is 1.